The van der Waals surface area contributed by atoms with Crippen LogP contribution in [-0.2, 0) is 0 Å². The Morgan fingerprint density at radius 3 is 2.50 bits per heavy atom. The van der Waals surface area contributed by atoms with E-state index in [1.165, 1.54) is 11.1 Å². The van der Waals surface area contributed by atoms with E-state index in [0.29, 0.717) is 12.0 Å². The highest BCUT2D eigenvalue weighted by Gasteiger charge is 2.33. The van der Waals surface area contributed by atoms with Crippen molar-refractivity contribution in [2.24, 2.45) is 11.7 Å². The van der Waals surface area contributed by atoms with Crippen molar-refractivity contribution >= 4 is 0 Å². The van der Waals surface area contributed by atoms with Crippen LogP contribution in [0.4, 0.5) is 0 Å². The van der Waals surface area contributed by atoms with Gasteiger partial charge in [-0.3, -0.25) is 4.90 Å². The standard InChI is InChI=1S/C16H26N2O2/c1-10-6-14(19-4)11(2)16(20-5)15(10)13-7-12(8-17)9-18(13)3/h6,12-13H,7-9,17H2,1-5H3. The van der Waals surface area contributed by atoms with Crippen LogP contribution in [0.1, 0.15) is 29.2 Å². The Balaban J connectivity index is 2.48. The van der Waals surface area contributed by atoms with Crippen LogP contribution in [0.15, 0.2) is 6.07 Å². The Labute approximate surface area is 121 Å². The molecule has 20 heavy (non-hydrogen) atoms. The lowest BCUT2D eigenvalue weighted by atomic mass is 9.93. The van der Waals surface area contributed by atoms with E-state index in [0.717, 1.165) is 36.6 Å². The van der Waals surface area contributed by atoms with Gasteiger partial charge in [-0.1, -0.05) is 0 Å². The maximum atomic E-state index is 5.84. The fraction of sp³-hybridized carbons (Fsp3) is 0.625. The zero-order valence-electron chi connectivity index (χ0n) is 13.2. The second-order valence-electron chi connectivity index (χ2n) is 5.76. The van der Waals surface area contributed by atoms with Gasteiger partial charge >= 0.3 is 0 Å². The molecule has 1 aliphatic heterocycles. The molecule has 0 aromatic heterocycles. The van der Waals surface area contributed by atoms with Crippen LogP contribution >= 0.6 is 0 Å². The monoisotopic (exact) mass is 278 g/mol. The van der Waals surface area contributed by atoms with Gasteiger partial charge in [0.1, 0.15) is 11.5 Å². The number of hydrogen-bond acceptors (Lipinski definition) is 4. The summed E-state index contributed by atoms with van der Waals surface area (Å²) in [5.74, 6) is 2.41. The Morgan fingerprint density at radius 2 is 2.00 bits per heavy atom. The van der Waals surface area contributed by atoms with Crippen LogP contribution in [0.5, 0.6) is 11.5 Å². The quantitative estimate of drug-likeness (QED) is 0.918. The molecule has 0 spiro atoms. The van der Waals surface area contributed by atoms with Gasteiger partial charge in [0, 0.05) is 23.7 Å². The third-order valence-electron chi connectivity index (χ3n) is 4.45. The molecule has 0 amide bonds. The average Bonchev–Trinajstić information content (AvgIpc) is 2.81. The normalized spacial score (nSPS) is 23.1. The van der Waals surface area contributed by atoms with E-state index < -0.39 is 0 Å². The van der Waals surface area contributed by atoms with Crippen molar-refractivity contribution < 1.29 is 9.47 Å². The molecule has 112 valence electrons. The molecular formula is C16H26N2O2. The number of nitrogens with zero attached hydrogens (tertiary/aromatic N) is 1. The van der Waals surface area contributed by atoms with E-state index in [-0.39, 0.29) is 0 Å². The van der Waals surface area contributed by atoms with Gasteiger partial charge in [-0.2, -0.15) is 0 Å². The Hall–Kier alpha value is -1.26. The van der Waals surface area contributed by atoms with Crippen LogP contribution in [0.2, 0.25) is 0 Å². The molecular weight excluding hydrogens is 252 g/mol. The number of hydrogen-bond donors (Lipinski definition) is 1. The molecule has 4 heteroatoms. The van der Waals surface area contributed by atoms with Crippen molar-refractivity contribution in [3.8, 4) is 11.5 Å². The minimum atomic E-state index is 0.378. The third kappa shape index (κ3) is 2.50. The molecule has 0 radical (unpaired) electrons. The molecule has 1 aliphatic rings. The van der Waals surface area contributed by atoms with Gasteiger partial charge in [0.05, 0.1) is 14.2 Å². The largest absolute Gasteiger partial charge is 0.496 e. The summed E-state index contributed by atoms with van der Waals surface area (Å²) in [4.78, 5) is 2.38. The second-order valence-corrected chi connectivity index (χ2v) is 5.76. The van der Waals surface area contributed by atoms with Crippen molar-refractivity contribution in [1.29, 1.82) is 0 Å². The highest BCUT2D eigenvalue weighted by molar-refractivity contribution is 5.54. The number of likely N-dealkylation sites (tertiary alicyclic amines) is 1. The van der Waals surface area contributed by atoms with E-state index in [4.69, 9.17) is 15.2 Å². The number of methoxy groups -OCH3 is 2. The predicted octanol–water partition coefficient (Wildman–Crippen LogP) is 2.27. The smallest absolute Gasteiger partial charge is 0.130 e. The van der Waals surface area contributed by atoms with Crippen LogP contribution in [-0.4, -0.2) is 39.3 Å². The van der Waals surface area contributed by atoms with Crippen LogP contribution in [0, 0.1) is 19.8 Å². The maximum Gasteiger partial charge on any atom is 0.130 e. The van der Waals surface area contributed by atoms with Crippen LogP contribution in [0.3, 0.4) is 0 Å². The molecule has 0 saturated carbocycles. The lowest BCUT2D eigenvalue weighted by molar-refractivity contribution is 0.300. The average molecular weight is 278 g/mol. The van der Waals surface area contributed by atoms with Gasteiger partial charge in [-0.15, -0.1) is 0 Å². The fourth-order valence-electron chi connectivity index (χ4n) is 3.38. The predicted molar refractivity (Wildman–Crippen MR) is 81.6 cm³/mol. The number of aryl methyl sites for hydroxylation is 1. The Bertz CT molecular complexity index is 488. The van der Waals surface area contributed by atoms with E-state index in [1.807, 2.05) is 0 Å². The molecule has 2 rings (SSSR count). The summed E-state index contributed by atoms with van der Waals surface area (Å²) in [5.41, 5.74) is 9.42. The summed E-state index contributed by atoms with van der Waals surface area (Å²) in [7, 11) is 5.60. The number of nitrogens with two attached hydrogens (primary N) is 1. The van der Waals surface area contributed by atoms with E-state index in [9.17, 15) is 0 Å². The van der Waals surface area contributed by atoms with Crippen molar-refractivity contribution in [2.45, 2.75) is 26.3 Å². The summed E-state index contributed by atoms with van der Waals surface area (Å²) in [6, 6.07) is 2.49. The van der Waals surface area contributed by atoms with E-state index in [1.54, 1.807) is 14.2 Å². The zero-order valence-corrected chi connectivity index (χ0v) is 13.2. The maximum absolute atomic E-state index is 5.84. The summed E-state index contributed by atoms with van der Waals surface area (Å²) < 4.78 is 11.1. The minimum absolute atomic E-state index is 0.378. The van der Waals surface area contributed by atoms with E-state index >= 15 is 0 Å². The van der Waals surface area contributed by atoms with Gasteiger partial charge in [-0.25, -0.2) is 0 Å². The van der Waals surface area contributed by atoms with E-state index in [2.05, 4.69) is 31.9 Å². The van der Waals surface area contributed by atoms with Crippen molar-refractivity contribution in [3.05, 3.63) is 22.8 Å². The van der Waals surface area contributed by atoms with Gasteiger partial charge in [0.25, 0.3) is 0 Å². The SMILES string of the molecule is COc1cc(C)c(C2CC(CN)CN2C)c(OC)c1C. The van der Waals surface area contributed by atoms with Crippen LogP contribution in [0.25, 0.3) is 0 Å². The number of ether oxygens (including phenoxy) is 2. The second kappa shape index (κ2) is 6.02. The van der Waals surface area contributed by atoms with Crippen molar-refractivity contribution in [1.82, 2.24) is 4.90 Å². The van der Waals surface area contributed by atoms with Gasteiger partial charge < -0.3 is 15.2 Å². The first-order chi connectivity index (χ1) is 9.53. The van der Waals surface area contributed by atoms with Gasteiger partial charge in [0.2, 0.25) is 0 Å². The molecule has 0 aliphatic carbocycles. The summed E-state index contributed by atoms with van der Waals surface area (Å²) in [6.45, 7) is 5.98. The fourth-order valence-corrected chi connectivity index (χ4v) is 3.38. The zero-order chi connectivity index (χ0) is 14.9. The lowest BCUT2D eigenvalue weighted by Gasteiger charge is -2.26. The minimum Gasteiger partial charge on any atom is -0.496 e. The summed E-state index contributed by atoms with van der Waals surface area (Å²) in [5, 5.41) is 0. The third-order valence-corrected chi connectivity index (χ3v) is 4.45. The molecule has 1 fully saturated rings. The molecule has 2 unspecified atom stereocenters. The first-order valence-electron chi connectivity index (χ1n) is 7.15. The lowest BCUT2D eigenvalue weighted by Crippen LogP contribution is -2.21. The van der Waals surface area contributed by atoms with Crippen molar-refractivity contribution in [3.63, 3.8) is 0 Å². The highest BCUT2D eigenvalue weighted by Crippen LogP contribution is 2.44. The van der Waals surface area contributed by atoms with Crippen molar-refractivity contribution in [2.75, 3.05) is 34.4 Å². The molecule has 1 saturated heterocycles. The highest BCUT2D eigenvalue weighted by atomic mass is 16.5. The Kier molecular flexibility index (Phi) is 4.55. The number of rotatable bonds is 4. The summed E-state index contributed by atoms with van der Waals surface area (Å²) in [6.07, 6.45) is 1.09. The first-order valence-corrected chi connectivity index (χ1v) is 7.15. The number of benzene rings is 1. The van der Waals surface area contributed by atoms with Gasteiger partial charge in [-0.05, 0) is 51.4 Å². The molecule has 0 bridgehead atoms. The molecule has 1 heterocycles. The summed E-state index contributed by atoms with van der Waals surface area (Å²) >= 11 is 0. The molecule has 2 atom stereocenters. The van der Waals surface area contributed by atoms with Crippen LogP contribution < -0.4 is 15.2 Å². The topological polar surface area (TPSA) is 47.7 Å². The molecule has 1 aromatic carbocycles. The molecule has 1 aromatic rings. The Morgan fingerprint density at radius 1 is 1.30 bits per heavy atom. The van der Waals surface area contributed by atoms with Gasteiger partial charge in [0.15, 0.2) is 0 Å². The molecule has 4 nitrogen and oxygen atoms in total. The first kappa shape index (κ1) is 15.1. The molecule has 2 N–H and O–H groups in total.